The third-order valence-electron chi connectivity index (χ3n) is 4.47. The molecule has 2 N–H and O–H groups in total. The third kappa shape index (κ3) is 3.51. The highest BCUT2D eigenvalue weighted by Gasteiger charge is 2.36. The van der Waals surface area contributed by atoms with Gasteiger partial charge in [0.2, 0.25) is 11.8 Å². The Bertz CT molecular complexity index is 377. The highest BCUT2D eigenvalue weighted by Crippen LogP contribution is 2.29. The third-order valence-corrected chi connectivity index (χ3v) is 4.47. The molecular formula is C15H27N3O2. The summed E-state index contributed by atoms with van der Waals surface area (Å²) in [5, 5.41) is 6.31. The molecule has 0 saturated carbocycles. The summed E-state index contributed by atoms with van der Waals surface area (Å²) in [6.07, 6.45) is 4.52. The van der Waals surface area contributed by atoms with Crippen LogP contribution in [0.15, 0.2) is 0 Å². The fourth-order valence-electron chi connectivity index (χ4n) is 3.09. The van der Waals surface area contributed by atoms with Crippen molar-refractivity contribution >= 4 is 11.8 Å². The first-order valence-corrected chi connectivity index (χ1v) is 7.57. The lowest BCUT2D eigenvalue weighted by Gasteiger charge is -2.35. The molecule has 20 heavy (non-hydrogen) atoms. The van der Waals surface area contributed by atoms with Gasteiger partial charge in [0.05, 0.1) is 6.54 Å². The minimum Gasteiger partial charge on any atom is -0.347 e. The highest BCUT2D eigenvalue weighted by molar-refractivity contribution is 5.87. The fourth-order valence-corrected chi connectivity index (χ4v) is 3.09. The Morgan fingerprint density at radius 2 is 1.75 bits per heavy atom. The van der Waals surface area contributed by atoms with Crippen molar-refractivity contribution in [2.24, 2.45) is 5.41 Å². The van der Waals surface area contributed by atoms with Crippen LogP contribution in [0, 0.1) is 5.41 Å². The van der Waals surface area contributed by atoms with Gasteiger partial charge >= 0.3 is 0 Å². The Morgan fingerprint density at radius 1 is 1.20 bits per heavy atom. The molecular weight excluding hydrogens is 254 g/mol. The number of carbonyl (C=O) groups is 2. The molecule has 0 aromatic carbocycles. The van der Waals surface area contributed by atoms with E-state index in [1.165, 1.54) is 12.8 Å². The minimum atomic E-state index is -0.452. The molecule has 5 heteroatoms. The van der Waals surface area contributed by atoms with Crippen molar-refractivity contribution < 1.29 is 9.59 Å². The topological polar surface area (TPSA) is 61.4 Å². The molecule has 2 aliphatic heterocycles. The van der Waals surface area contributed by atoms with Gasteiger partial charge < -0.3 is 15.5 Å². The van der Waals surface area contributed by atoms with Gasteiger partial charge in [0, 0.05) is 30.6 Å². The van der Waals surface area contributed by atoms with Crippen LogP contribution in [0.1, 0.15) is 46.5 Å². The predicted octanol–water partition coefficient (Wildman–Crippen LogP) is 0.890. The van der Waals surface area contributed by atoms with Crippen molar-refractivity contribution in [3.05, 3.63) is 0 Å². The first-order valence-electron chi connectivity index (χ1n) is 7.57. The van der Waals surface area contributed by atoms with Crippen molar-refractivity contribution in [1.82, 2.24) is 15.5 Å². The number of nitrogens with zero attached hydrogens (tertiary/aromatic N) is 1. The van der Waals surface area contributed by atoms with Crippen LogP contribution in [0.2, 0.25) is 0 Å². The second-order valence-corrected chi connectivity index (χ2v) is 7.20. The van der Waals surface area contributed by atoms with Gasteiger partial charge in [-0.25, -0.2) is 0 Å². The van der Waals surface area contributed by atoms with Crippen molar-refractivity contribution in [2.45, 2.75) is 64.6 Å². The average Bonchev–Trinajstić information content (AvgIpc) is 2.72. The smallest absolute Gasteiger partial charge is 0.241 e. The maximum absolute atomic E-state index is 12.2. The van der Waals surface area contributed by atoms with E-state index in [4.69, 9.17) is 0 Å². The Labute approximate surface area is 121 Å². The molecule has 2 rings (SSSR count). The zero-order valence-electron chi connectivity index (χ0n) is 13.0. The molecule has 2 unspecified atom stereocenters. The molecule has 0 aliphatic carbocycles. The number of carbonyl (C=O) groups excluding carboxylic acids is 2. The monoisotopic (exact) mass is 281 g/mol. The molecule has 2 amide bonds. The fraction of sp³-hybridized carbons (Fsp3) is 0.867. The summed E-state index contributed by atoms with van der Waals surface area (Å²) in [5.41, 5.74) is -0.452. The Balaban J connectivity index is 1.82. The number of hydrogen-bond donors (Lipinski definition) is 2. The van der Waals surface area contributed by atoms with E-state index in [-0.39, 0.29) is 18.4 Å². The number of piperidine rings is 1. The number of rotatable bonds is 3. The molecule has 2 saturated heterocycles. The van der Waals surface area contributed by atoms with Gasteiger partial charge in [-0.1, -0.05) is 20.8 Å². The van der Waals surface area contributed by atoms with Gasteiger partial charge in [0.1, 0.15) is 0 Å². The number of hydrogen-bond acceptors (Lipinski definition) is 3. The van der Waals surface area contributed by atoms with E-state index in [0.717, 1.165) is 12.8 Å². The Morgan fingerprint density at radius 3 is 2.25 bits per heavy atom. The molecule has 0 aromatic heterocycles. The highest BCUT2D eigenvalue weighted by atomic mass is 16.2. The maximum Gasteiger partial charge on any atom is 0.241 e. The lowest BCUT2D eigenvalue weighted by atomic mass is 9.95. The summed E-state index contributed by atoms with van der Waals surface area (Å²) in [4.78, 5) is 25.8. The van der Waals surface area contributed by atoms with Crippen LogP contribution in [0.4, 0.5) is 0 Å². The van der Waals surface area contributed by atoms with E-state index >= 15 is 0 Å². The van der Waals surface area contributed by atoms with E-state index in [2.05, 4.69) is 10.6 Å². The van der Waals surface area contributed by atoms with Crippen LogP contribution in [0.3, 0.4) is 0 Å². The van der Waals surface area contributed by atoms with Crippen LogP contribution < -0.4 is 10.6 Å². The van der Waals surface area contributed by atoms with Crippen LogP contribution in [-0.2, 0) is 9.59 Å². The molecule has 0 radical (unpaired) electrons. The van der Waals surface area contributed by atoms with Crippen LogP contribution >= 0.6 is 0 Å². The minimum absolute atomic E-state index is 0.00824. The molecule has 2 bridgehead atoms. The quantitative estimate of drug-likeness (QED) is 0.807. The number of fused-ring (bicyclic) bond motifs is 2. The summed E-state index contributed by atoms with van der Waals surface area (Å²) >= 11 is 0. The second kappa shape index (κ2) is 5.72. The van der Waals surface area contributed by atoms with Crippen LogP contribution in [-0.4, -0.2) is 48.4 Å². The summed E-state index contributed by atoms with van der Waals surface area (Å²) in [7, 11) is 1.86. The second-order valence-electron chi connectivity index (χ2n) is 7.20. The molecule has 0 spiro atoms. The summed E-state index contributed by atoms with van der Waals surface area (Å²) in [6, 6.07) is 1.45. The van der Waals surface area contributed by atoms with Gasteiger partial charge in [-0.05, 0) is 25.7 Å². The first kappa shape index (κ1) is 15.3. The van der Waals surface area contributed by atoms with E-state index in [1.54, 1.807) is 0 Å². The van der Waals surface area contributed by atoms with E-state index in [0.29, 0.717) is 18.1 Å². The SMILES string of the molecule is CN(C(=O)CNC(=O)C(C)(C)C)C1CC2CCC(C1)N2. The van der Waals surface area contributed by atoms with Crippen LogP contribution in [0.5, 0.6) is 0 Å². The van der Waals surface area contributed by atoms with E-state index < -0.39 is 5.41 Å². The summed E-state index contributed by atoms with van der Waals surface area (Å²) in [5.74, 6) is -0.0708. The number of amides is 2. The lowest BCUT2D eigenvalue weighted by molar-refractivity contribution is -0.136. The summed E-state index contributed by atoms with van der Waals surface area (Å²) in [6.45, 7) is 5.65. The molecule has 5 nitrogen and oxygen atoms in total. The molecule has 2 atom stereocenters. The van der Waals surface area contributed by atoms with Crippen molar-refractivity contribution in [1.29, 1.82) is 0 Å². The average molecular weight is 281 g/mol. The zero-order valence-corrected chi connectivity index (χ0v) is 13.0. The first-order chi connectivity index (χ1) is 9.27. The van der Waals surface area contributed by atoms with E-state index in [1.807, 2.05) is 32.7 Å². The normalized spacial score (nSPS) is 29.1. The van der Waals surface area contributed by atoms with E-state index in [9.17, 15) is 9.59 Å². The predicted molar refractivity (Wildman–Crippen MR) is 78.2 cm³/mol. The van der Waals surface area contributed by atoms with Gasteiger partial charge in [0.15, 0.2) is 0 Å². The Kier molecular flexibility index (Phi) is 4.37. The lowest BCUT2D eigenvalue weighted by Crippen LogP contribution is -2.51. The number of likely N-dealkylation sites (N-methyl/N-ethyl adjacent to an activating group) is 1. The maximum atomic E-state index is 12.2. The standard InChI is InChI=1S/C15H27N3O2/c1-15(2,3)14(20)16-9-13(19)18(4)12-7-10-5-6-11(8-12)17-10/h10-12,17H,5-9H2,1-4H3,(H,16,20). The number of nitrogens with one attached hydrogen (secondary N) is 2. The Hall–Kier alpha value is -1.10. The largest absolute Gasteiger partial charge is 0.347 e. The molecule has 2 aliphatic rings. The van der Waals surface area contributed by atoms with Gasteiger partial charge in [-0.2, -0.15) is 0 Å². The van der Waals surface area contributed by atoms with Gasteiger partial charge in [0.25, 0.3) is 0 Å². The summed E-state index contributed by atoms with van der Waals surface area (Å²) < 4.78 is 0. The van der Waals surface area contributed by atoms with Gasteiger partial charge in [-0.3, -0.25) is 9.59 Å². The molecule has 114 valence electrons. The van der Waals surface area contributed by atoms with Crippen molar-refractivity contribution in [3.63, 3.8) is 0 Å². The van der Waals surface area contributed by atoms with Crippen LogP contribution in [0.25, 0.3) is 0 Å². The van der Waals surface area contributed by atoms with Crippen molar-refractivity contribution in [2.75, 3.05) is 13.6 Å². The van der Waals surface area contributed by atoms with Gasteiger partial charge in [-0.15, -0.1) is 0 Å². The molecule has 2 fully saturated rings. The van der Waals surface area contributed by atoms with Crippen molar-refractivity contribution in [3.8, 4) is 0 Å². The molecule has 0 aromatic rings. The molecule has 2 heterocycles. The zero-order chi connectivity index (χ0) is 14.9.